The number of nitrogens with one attached hydrogen (secondary N) is 1. The Bertz CT molecular complexity index is 412. The summed E-state index contributed by atoms with van der Waals surface area (Å²) in [5, 5.41) is 7.31. The van der Waals surface area contributed by atoms with Gasteiger partial charge in [-0.2, -0.15) is 5.10 Å². The van der Waals surface area contributed by atoms with Crippen LogP contribution in [-0.2, 0) is 17.8 Å². The Labute approximate surface area is 88.1 Å². The molecule has 2 aliphatic rings. The molecule has 0 radical (unpaired) electrons. The molecular weight excluding hydrogens is 192 g/mol. The summed E-state index contributed by atoms with van der Waals surface area (Å²) < 4.78 is 2.05. The van der Waals surface area contributed by atoms with Gasteiger partial charge in [0.2, 0.25) is 5.91 Å². The molecule has 80 valence electrons. The van der Waals surface area contributed by atoms with Crippen molar-refractivity contribution in [2.45, 2.75) is 25.6 Å². The maximum absolute atomic E-state index is 11.3. The van der Waals surface area contributed by atoms with E-state index in [1.807, 2.05) is 22.8 Å². The number of nitrogens with zero attached hydrogens (tertiary/aromatic N) is 3. The number of aromatic nitrogens is 2. The normalized spacial score (nSPS) is 25.7. The Hall–Kier alpha value is -1.36. The number of rotatable bonds is 1. The zero-order chi connectivity index (χ0) is 10.4. The lowest BCUT2D eigenvalue weighted by Gasteiger charge is -2.17. The first-order valence-corrected chi connectivity index (χ1v) is 5.30. The second-order valence-corrected chi connectivity index (χ2v) is 4.26. The Morgan fingerprint density at radius 2 is 2.47 bits per heavy atom. The Morgan fingerprint density at radius 1 is 1.60 bits per heavy atom. The molecule has 1 saturated heterocycles. The van der Waals surface area contributed by atoms with Gasteiger partial charge in [0.05, 0.1) is 12.7 Å². The number of likely N-dealkylation sites (N-methyl/N-ethyl adjacent to an activating group) is 1. The minimum atomic E-state index is 0.0272. The van der Waals surface area contributed by atoms with Crippen molar-refractivity contribution in [3.8, 4) is 0 Å². The highest BCUT2D eigenvalue weighted by Crippen LogP contribution is 2.27. The molecule has 5 heteroatoms. The van der Waals surface area contributed by atoms with Gasteiger partial charge in [0.15, 0.2) is 0 Å². The molecule has 15 heavy (non-hydrogen) atoms. The van der Waals surface area contributed by atoms with Crippen LogP contribution in [0.5, 0.6) is 0 Å². The van der Waals surface area contributed by atoms with Crippen molar-refractivity contribution in [3.05, 3.63) is 17.5 Å². The summed E-state index contributed by atoms with van der Waals surface area (Å²) in [6.45, 7) is 1.50. The zero-order valence-electron chi connectivity index (χ0n) is 8.73. The minimum Gasteiger partial charge on any atom is -0.335 e. The lowest BCUT2D eigenvalue weighted by molar-refractivity contribution is -0.118. The SMILES string of the molecule is CN1CC(=O)NC1c1cnn2c1CCC2. The predicted octanol–water partition coefficient (Wildman–Crippen LogP) is -0.111. The smallest absolute Gasteiger partial charge is 0.235 e. The minimum absolute atomic E-state index is 0.0272. The molecule has 0 saturated carbocycles. The van der Waals surface area contributed by atoms with E-state index in [-0.39, 0.29) is 12.1 Å². The van der Waals surface area contributed by atoms with E-state index in [2.05, 4.69) is 10.4 Å². The first kappa shape index (κ1) is 8.91. The molecule has 1 aromatic rings. The highest BCUT2D eigenvalue weighted by molar-refractivity contribution is 5.80. The quantitative estimate of drug-likeness (QED) is 0.697. The summed E-state index contributed by atoms with van der Waals surface area (Å²) in [7, 11) is 1.96. The van der Waals surface area contributed by atoms with Crippen molar-refractivity contribution in [1.29, 1.82) is 0 Å². The van der Waals surface area contributed by atoms with Gasteiger partial charge in [-0.15, -0.1) is 0 Å². The van der Waals surface area contributed by atoms with Crippen LogP contribution in [0.3, 0.4) is 0 Å². The number of amides is 1. The topological polar surface area (TPSA) is 50.2 Å². The highest BCUT2D eigenvalue weighted by Gasteiger charge is 2.32. The van der Waals surface area contributed by atoms with Crippen molar-refractivity contribution < 1.29 is 4.79 Å². The summed E-state index contributed by atoms with van der Waals surface area (Å²) in [5.74, 6) is 0.0976. The van der Waals surface area contributed by atoms with Gasteiger partial charge in [0.1, 0.15) is 6.17 Å². The molecule has 1 unspecified atom stereocenters. The van der Waals surface area contributed by atoms with Crippen molar-refractivity contribution >= 4 is 5.91 Å². The third-order valence-corrected chi connectivity index (χ3v) is 3.19. The fourth-order valence-electron chi connectivity index (χ4n) is 2.46. The molecular formula is C10H14N4O. The maximum atomic E-state index is 11.3. The van der Waals surface area contributed by atoms with E-state index in [1.165, 1.54) is 17.7 Å². The van der Waals surface area contributed by atoms with Gasteiger partial charge in [0.25, 0.3) is 0 Å². The van der Waals surface area contributed by atoms with E-state index >= 15 is 0 Å². The van der Waals surface area contributed by atoms with Crippen LogP contribution < -0.4 is 5.32 Å². The zero-order valence-corrected chi connectivity index (χ0v) is 8.73. The van der Waals surface area contributed by atoms with Gasteiger partial charge in [-0.25, -0.2) is 0 Å². The molecule has 5 nitrogen and oxygen atoms in total. The molecule has 0 aliphatic carbocycles. The summed E-state index contributed by atoms with van der Waals surface area (Å²) in [5.41, 5.74) is 2.45. The van der Waals surface area contributed by atoms with Crippen molar-refractivity contribution in [2.75, 3.05) is 13.6 Å². The van der Waals surface area contributed by atoms with Crippen LogP contribution in [0.15, 0.2) is 6.20 Å². The van der Waals surface area contributed by atoms with Crippen molar-refractivity contribution in [2.24, 2.45) is 0 Å². The third-order valence-electron chi connectivity index (χ3n) is 3.19. The van der Waals surface area contributed by atoms with E-state index in [0.717, 1.165) is 13.0 Å². The van der Waals surface area contributed by atoms with Gasteiger partial charge >= 0.3 is 0 Å². The van der Waals surface area contributed by atoms with E-state index < -0.39 is 0 Å². The van der Waals surface area contributed by atoms with Gasteiger partial charge in [0, 0.05) is 17.8 Å². The van der Waals surface area contributed by atoms with Crippen molar-refractivity contribution in [1.82, 2.24) is 20.0 Å². The second-order valence-electron chi connectivity index (χ2n) is 4.26. The molecule has 0 bridgehead atoms. The average molecular weight is 206 g/mol. The Morgan fingerprint density at radius 3 is 3.20 bits per heavy atom. The van der Waals surface area contributed by atoms with Gasteiger partial charge in [-0.3, -0.25) is 14.4 Å². The van der Waals surface area contributed by atoms with Crippen molar-refractivity contribution in [3.63, 3.8) is 0 Å². The van der Waals surface area contributed by atoms with Crippen LogP contribution in [0.25, 0.3) is 0 Å². The Balaban J connectivity index is 1.96. The molecule has 1 aromatic heterocycles. The van der Waals surface area contributed by atoms with E-state index in [9.17, 15) is 4.79 Å². The molecule has 0 aromatic carbocycles. The standard InChI is InChI=1S/C10H14N4O/c1-13-6-9(15)12-10(13)7-5-11-14-4-2-3-8(7)14/h5,10H,2-4,6H2,1H3,(H,12,15). The van der Waals surface area contributed by atoms with Crippen LogP contribution in [-0.4, -0.2) is 34.2 Å². The van der Waals surface area contributed by atoms with E-state index in [1.54, 1.807) is 0 Å². The number of carbonyl (C=O) groups excluding carboxylic acids is 1. The number of fused-ring (bicyclic) bond motifs is 1. The first-order chi connectivity index (χ1) is 7.25. The predicted molar refractivity (Wildman–Crippen MR) is 54.1 cm³/mol. The summed E-state index contributed by atoms with van der Waals surface area (Å²) in [6.07, 6.45) is 4.16. The number of aryl methyl sites for hydroxylation is 1. The van der Waals surface area contributed by atoms with Gasteiger partial charge in [-0.05, 0) is 19.9 Å². The average Bonchev–Trinajstić information content (AvgIpc) is 2.80. The van der Waals surface area contributed by atoms with Crippen LogP contribution >= 0.6 is 0 Å². The first-order valence-electron chi connectivity index (χ1n) is 5.30. The number of hydrogen-bond acceptors (Lipinski definition) is 3. The van der Waals surface area contributed by atoms with Gasteiger partial charge in [-0.1, -0.05) is 0 Å². The fraction of sp³-hybridized carbons (Fsp3) is 0.600. The maximum Gasteiger partial charge on any atom is 0.235 e. The molecule has 1 fully saturated rings. The van der Waals surface area contributed by atoms with Crippen LogP contribution in [0, 0.1) is 0 Å². The highest BCUT2D eigenvalue weighted by atomic mass is 16.2. The third kappa shape index (κ3) is 1.26. The molecule has 3 rings (SSSR count). The lowest BCUT2D eigenvalue weighted by Crippen LogP contribution is -2.25. The molecule has 1 atom stereocenters. The van der Waals surface area contributed by atoms with Gasteiger partial charge < -0.3 is 5.32 Å². The fourth-order valence-corrected chi connectivity index (χ4v) is 2.46. The molecule has 1 amide bonds. The van der Waals surface area contributed by atoms with E-state index in [0.29, 0.717) is 6.54 Å². The van der Waals surface area contributed by atoms with Crippen LogP contribution in [0.2, 0.25) is 0 Å². The second kappa shape index (κ2) is 3.06. The molecule has 2 aliphatic heterocycles. The lowest BCUT2D eigenvalue weighted by atomic mass is 10.1. The summed E-state index contributed by atoms with van der Waals surface area (Å²) >= 11 is 0. The number of carbonyl (C=O) groups is 1. The molecule has 1 N–H and O–H groups in total. The number of hydrogen-bond donors (Lipinski definition) is 1. The summed E-state index contributed by atoms with van der Waals surface area (Å²) in [4.78, 5) is 13.3. The van der Waals surface area contributed by atoms with Crippen LogP contribution in [0.1, 0.15) is 23.8 Å². The van der Waals surface area contributed by atoms with E-state index in [4.69, 9.17) is 0 Å². The van der Waals surface area contributed by atoms with Crippen LogP contribution in [0.4, 0.5) is 0 Å². The summed E-state index contributed by atoms with van der Waals surface area (Å²) in [6, 6.07) is 0. The molecule has 3 heterocycles. The largest absolute Gasteiger partial charge is 0.335 e. The monoisotopic (exact) mass is 206 g/mol. The Kier molecular flexibility index (Phi) is 1.82. The molecule has 0 spiro atoms.